The lowest BCUT2D eigenvalue weighted by atomic mass is 10.1. The van der Waals surface area contributed by atoms with Crippen LogP contribution in [-0.2, 0) is 16.6 Å². The van der Waals surface area contributed by atoms with Gasteiger partial charge in [0.15, 0.2) is 0 Å². The molecule has 0 unspecified atom stereocenters. The number of benzene rings is 1. The maximum Gasteiger partial charge on any atom is 0.243 e. The van der Waals surface area contributed by atoms with Gasteiger partial charge in [-0.2, -0.15) is 4.31 Å². The van der Waals surface area contributed by atoms with Crippen molar-refractivity contribution in [3.8, 4) is 0 Å². The molecule has 0 bridgehead atoms. The molecule has 1 saturated carbocycles. The molecule has 1 aliphatic carbocycles. The Morgan fingerprint density at radius 3 is 2.53 bits per heavy atom. The van der Waals surface area contributed by atoms with E-state index >= 15 is 0 Å². The Morgan fingerprint density at radius 1 is 1.37 bits per heavy atom. The van der Waals surface area contributed by atoms with Gasteiger partial charge in [0.25, 0.3) is 0 Å². The van der Waals surface area contributed by atoms with Gasteiger partial charge in [0.05, 0.1) is 4.90 Å². The van der Waals surface area contributed by atoms with Gasteiger partial charge in [0, 0.05) is 19.6 Å². The van der Waals surface area contributed by atoms with Crippen molar-refractivity contribution in [3.05, 3.63) is 29.3 Å². The largest absolute Gasteiger partial charge is 0.326 e. The molecule has 0 aliphatic heterocycles. The van der Waals surface area contributed by atoms with Crippen LogP contribution in [0.5, 0.6) is 0 Å². The minimum atomic E-state index is -3.36. The fraction of sp³-hybridized carbons (Fsp3) is 0.571. The molecule has 4 nitrogen and oxygen atoms in total. The smallest absolute Gasteiger partial charge is 0.243 e. The average Bonchev–Trinajstić information content (AvgIpc) is 3.19. The highest BCUT2D eigenvalue weighted by Gasteiger charge is 2.30. The van der Waals surface area contributed by atoms with E-state index < -0.39 is 10.0 Å². The molecule has 5 heteroatoms. The zero-order valence-electron chi connectivity index (χ0n) is 11.6. The third kappa shape index (κ3) is 3.16. The van der Waals surface area contributed by atoms with Gasteiger partial charge in [-0.25, -0.2) is 8.42 Å². The number of hydrogen-bond donors (Lipinski definition) is 1. The molecule has 106 valence electrons. The van der Waals surface area contributed by atoms with Crippen LogP contribution in [-0.4, -0.2) is 25.8 Å². The van der Waals surface area contributed by atoms with Crippen LogP contribution < -0.4 is 5.73 Å². The summed E-state index contributed by atoms with van der Waals surface area (Å²) in [5.74, 6) is 0.555. The minimum absolute atomic E-state index is 0.379. The summed E-state index contributed by atoms with van der Waals surface area (Å²) in [6, 6.07) is 5.21. The first kappa shape index (κ1) is 14.5. The zero-order valence-corrected chi connectivity index (χ0v) is 12.4. The van der Waals surface area contributed by atoms with E-state index in [0.29, 0.717) is 30.4 Å². The molecule has 0 radical (unpaired) electrons. The van der Waals surface area contributed by atoms with Crippen molar-refractivity contribution >= 4 is 10.0 Å². The first-order chi connectivity index (χ1) is 8.98. The average molecular weight is 282 g/mol. The van der Waals surface area contributed by atoms with Crippen molar-refractivity contribution in [1.82, 2.24) is 4.31 Å². The van der Waals surface area contributed by atoms with Gasteiger partial charge in [-0.05, 0) is 48.9 Å². The molecule has 0 saturated heterocycles. The predicted octanol–water partition coefficient (Wildman–Crippen LogP) is 1.87. The first-order valence-corrected chi connectivity index (χ1v) is 8.22. The quantitative estimate of drug-likeness (QED) is 0.866. The van der Waals surface area contributed by atoms with Crippen molar-refractivity contribution in [2.24, 2.45) is 11.7 Å². The van der Waals surface area contributed by atoms with Crippen LogP contribution in [0.1, 0.15) is 30.9 Å². The number of sulfonamides is 1. The van der Waals surface area contributed by atoms with Gasteiger partial charge < -0.3 is 5.73 Å². The molecular weight excluding hydrogens is 260 g/mol. The van der Waals surface area contributed by atoms with Crippen LogP contribution in [0.3, 0.4) is 0 Å². The fourth-order valence-electron chi connectivity index (χ4n) is 2.19. The summed E-state index contributed by atoms with van der Waals surface area (Å²) in [5, 5.41) is 0. The molecule has 2 N–H and O–H groups in total. The maximum absolute atomic E-state index is 12.6. The Hall–Kier alpha value is -0.910. The number of aryl methyl sites for hydroxylation is 1. The Kier molecular flexibility index (Phi) is 4.28. The molecule has 1 fully saturated rings. The Bertz CT molecular complexity index is 551. The number of rotatable bonds is 6. The summed E-state index contributed by atoms with van der Waals surface area (Å²) < 4.78 is 26.7. The van der Waals surface area contributed by atoms with Gasteiger partial charge in [-0.3, -0.25) is 0 Å². The van der Waals surface area contributed by atoms with Crippen LogP contribution in [0.15, 0.2) is 23.1 Å². The third-order valence-corrected chi connectivity index (χ3v) is 5.62. The van der Waals surface area contributed by atoms with Gasteiger partial charge >= 0.3 is 0 Å². The molecule has 19 heavy (non-hydrogen) atoms. The van der Waals surface area contributed by atoms with Crippen LogP contribution >= 0.6 is 0 Å². The zero-order chi connectivity index (χ0) is 14.0. The monoisotopic (exact) mass is 282 g/mol. The lowest BCUT2D eigenvalue weighted by Crippen LogP contribution is -2.32. The van der Waals surface area contributed by atoms with Gasteiger partial charge in [0.1, 0.15) is 0 Å². The molecule has 0 spiro atoms. The molecule has 1 aromatic rings. The van der Waals surface area contributed by atoms with Crippen molar-refractivity contribution in [1.29, 1.82) is 0 Å². The van der Waals surface area contributed by atoms with E-state index in [2.05, 4.69) is 0 Å². The summed E-state index contributed by atoms with van der Waals surface area (Å²) in [4.78, 5) is 0.379. The lowest BCUT2D eigenvalue weighted by molar-refractivity contribution is 0.412. The number of nitrogens with zero attached hydrogens (tertiary/aromatic N) is 1. The van der Waals surface area contributed by atoms with Gasteiger partial charge in [-0.1, -0.05) is 13.0 Å². The van der Waals surface area contributed by atoms with E-state index in [9.17, 15) is 8.42 Å². The summed E-state index contributed by atoms with van der Waals surface area (Å²) in [7, 11) is -3.36. The van der Waals surface area contributed by atoms with E-state index in [1.165, 1.54) is 0 Å². The van der Waals surface area contributed by atoms with E-state index in [0.717, 1.165) is 24.0 Å². The summed E-state index contributed by atoms with van der Waals surface area (Å²) in [6.45, 7) is 5.40. The topological polar surface area (TPSA) is 63.4 Å². The summed E-state index contributed by atoms with van der Waals surface area (Å²) >= 11 is 0. The van der Waals surface area contributed by atoms with Crippen LogP contribution in [0.25, 0.3) is 0 Å². The minimum Gasteiger partial charge on any atom is -0.326 e. The Morgan fingerprint density at radius 2 is 2.05 bits per heavy atom. The summed E-state index contributed by atoms with van der Waals surface area (Å²) in [6.07, 6.45) is 2.30. The second-order valence-electron chi connectivity index (χ2n) is 5.19. The molecular formula is C14H22N2O2S. The fourth-order valence-corrected chi connectivity index (χ4v) is 3.80. The van der Waals surface area contributed by atoms with Crippen molar-refractivity contribution in [2.75, 3.05) is 13.1 Å². The van der Waals surface area contributed by atoms with Crippen LogP contribution in [0.4, 0.5) is 0 Å². The predicted molar refractivity (Wildman–Crippen MR) is 76.2 cm³/mol. The standard InChI is InChI=1S/C14H22N2O2S/c1-3-16(10-12-4-5-12)19(17,18)14-7-6-13(9-15)11(2)8-14/h6-8,12H,3-5,9-10,15H2,1-2H3. The highest BCUT2D eigenvalue weighted by molar-refractivity contribution is 7.89. The second-order valence-corrected chi connectivity index (χ2v) is 7.13. The molecule has 0 amide bonds. The third-order valence-electron chi connectivity index (χ3n) is 3.68. The van der Waals surface area contributed by atoms with Gasteiger partial charge in [0.2, 0.25) is 10.0 Å². The van der Waals surface area contributed by atoms with Crippen molar-refractivity contribution < 1.29 is 8.42 Å². The highest BCUT2D eigenvalue weighted by Crippen LogP contribution is 2.31. The Balaban J connectivity index is 2.28. The SMILES string of the molecule is CCN(CC1CC1)S(=O)(=O)c1ccc(CN)c(C)c1. The first-order valence-electron chi connectivity index (χ1n) is 6.78. The lowest BCUT2D eigenvalue weighted by Gasteiger charge is -2.21. The van der Waals surface area contributed by atoms with E-state index in [4.69, 9.17) is 5.73 Å². The summed E-state index contributed by atoms with van der Waals surface area (Å²) in [5.41, 5.74) is 7.54. The van der Waals surface area contributed by atoms with Crippen LogP contribution in [0.2, 0.25) is 0 Å². The number of hydrogen-bond acceptors (Lipinski definition) is 3. The molecule has 0 atom stereocenters. The van der Waals surface area contributed by atoms with Crippen molar-refractivity contribution in [2.45, 2.75) is 38.1 Å². The van der Waals surface area contributed by atoms with E-state index in [1.807, 2.05) is 19.9 Å². The van der Waals surface area contributed by atoms with E-state index in [1.54, 1.807) is 16.4 Å². The molecule has 1 aromatic carbocycles. The Labute approximate surface area is 115 Å². The molecule has 1 aliphatic rings. The number of nitrogens with two attached hydrogens (primary N) is 1. The second kappa shape index (κ2) is 5.61. The van der Waals surface area contributed by atoms with E-state index in [-0.39, 0.29) is 0 Å². The van der Waals surface area contributed by atoms with Crippen molar-refractivity contribution in [3.63, 3.8) is 0 Å². The van der Waals surface area contributed by atoms with Crippen LogP contribution in [0, 0.1) is 12.8 Å². The molecule has 0 heterocycles. The van der Waals surface area contributed by atoms with Gasteiger partial charge in [-0.15, -0.1) is 0 Å². The molecule has 2 rings (SSSR count). The highest BCUT2D eigenvalue weighted by atomic mass is 32.2. The maximum atomic E-state index is 12.6. The normalized spacial score (nSPS) is 16.0. The molecule has 0 aromatic heterocycles.